The minimum absolute atomic E-state index is 0.176. The fourth-order valence-electron chi connectivity index (χ4n) is 1.96. The van der Waals surface area contributed by atoms with Gasteiger partial charge in [-0.15, -0.1) is 10.2 Å². The van der Waals surface area contributed by atoms with Crippen molar-refractivity contribution in [2.75, 3.05) is 6.54 Å². The van der Waals surface area contributed by atoms with Gasteiger partial charge in [0, 0.05) is 25.1 Å². The minimum Gasteiger partial charge on any atom is -0.425 e. The van der Waals surface area contributed by atoms with Crippen molar-refractivity contribution in [3.8, 4) is 0 Å². The maximum absolute atomic E-state index is 13.5. The lowest BCUT2D eigenvalue weighted by atomic mass is 10.1. The minimum atomic E-state index is -0.597. The third kappa shape index (κ3) is 3.39. The number of nitrogens with one attached hydrogen (secondary N) is 1. The third-order valence-electron chi connectivity index (χ3n) is 3.21. The maximum Gasteiger partial charge on any atom is 0.221 e. The number of hydrogen-bond donors (Lipinski definition) is 1. The van der Waals surface area contributed by atoms with Crippen LogP contribution in [0.2, 0.25) is 0 Å². The molecule has 4 nitrogen and oxygen atoms in total. The predicted molar refractivity (Wildman–Crippen MR) is 68.2 cm³/mol. The summed E-state index contributed by atoms with van der Waals surface area (Å²) in [6, 6.07) is 4.11. The molecule has 0 bridgehead atoms. The molecule has 1 saturated carbocycles. The van der Waals surface area contributed by atoms with Crippen LogP contribution in [0, 0.1) is 11.6 Å². The quantitative estimate of drug-likeness (QED) is 0.881. The van der Waals surface area contributed by atoms with Crippen LogP contribution >= 0.6 is 0 Å². The van der Waals surface area contributed by atoms with E-state index in [-0.39, 0.29) is 6.42 Å². The first-order valence-electron chi connectivity index (χ1n) is 6.69. The number of aromatic nitrogens is 2. The Hall–Kier alpha value is -1.82. The van der Waals surface area contributed by atoms with Crippen LogP contribution in [-0.4, -0.2) is 22.8 Å². The highest BCUT2D eigenvalue weighted by Crippen LogP contribution is 2.18. The lowest BCUT2D eigenvalue weighted by Crippen LogP contribution is -2.19. The van der Waals surface area contributed by atoms with Gasteiger partial charge in [-0.2, -0.15) is 0 Å². The Balaban J connectivity index is 1.58. The Morgan fingerprint density at radius 3 is 2.75 bits per heavy atom. The molecule has 1 aliphatic rings. The summed E-state index contributed by atoms with van der Waals surface area (Å²) in [5.41, 5.74) is 0.345. The molecule has 106 valence electrons. The first-order chi connectivity index (χ1) is 9.70. The molecule has 2 aromatic rings. The van der Waals surface area contributed by atoms with Gasteiger partial charge in [-0.3, -0.25) is 0 Å². The van der Waals surface area contributed by atoms with Crippen LogP contribution in [0.25, 0.3) is 0 Å². The standard InChI is InChI=1S/C14H15F2N3O/c15-10-2-1-9(12(16)8-10)7-14-19-18-13(20-14)5-6-17-11-3-4-11/h1-2,8,11,17H,3-7H2. The summed E-state index contributed by atoms with van der Waals surface area (Å²) in [4.78, 5) is 0. The third-order valence-corrected chi connectivity index (χ3v) is 3.21. The van der Waals surface area contributed by atoms with Crippen molar-refractivity contribution < 1.29 is 13.2 Å². The van der Waals surface area contributed by atoms with E-state index in [0.717, 1.165) is 12.6 Å². The van der Waals surface area contributed by atoms with Crippen LogP contribution in [0.5, 0.6) is 0 Å². The molecule has 0 saturated heterocycles. The molecule has 0 aliphatic heterocycles. The van der Waals surface area contributed by atoms with Crippen LogP contribution in [0.4, 0.5) is 8.78 Å². The van der Waals surface area contributed by atoms with Crippen LogP contribution in [-0.2, 0) is 12.8 Å². The largest absolute Gasteiger partial charge is 0.425 e. The molecule has 1 fully saturated rings. The average Bonchev–Trinajstić information content (AvgIpc) is 3.12. The molecule has 1 aromatic heterocycles. The smallest absolute Gasteiger partial charge is 0.221 e. The highest BCUT2D eigenvalue weighted by molar-refractivity contribution is 5.21. The lowest BCUT2D eigenvalue weighted by Gasteiger charge is -2.00. The Morgan fingerprint density at radius 1 is 1.20 bits per heavy atom. The second kappa shape index (κ2) is 5.66. The van der Waals surface area contributed by atoms with Gasteiger partial charge in [0.1, 0.15) is 11.6 Å². The molecular weight excluding hydrogens is 264 g/mol. The zero-order valence-corrected chi connectivity index (χ0v) is 10.9. The first-order valence-corrected chi connectivity index (χ1v) is 6.69. The highest BCUT2D eigenvalue weighted by atomic mass is 19.1. The van der Waals surface area contributed by atoms with Gasteiger partial charge in [-0.1, -0.05) is 6.07 Å². The van der Waals surface area contributed by atoms with Gasteiger partial charge in [0.05, 0.1) is 6.42 Å². The average molecular weight is 279 g/mol. The Bertz CT molecular complexity index is 596. The van der Waals surface area contributed by atoms with E-state index in [1.165, 1.54) is 25.0 Å². The lowest BCUT2D eigenvalue weighted by molar-refractivity contribution is 0.448. The summed E-state index contributed by atoms with van der Waals surface area (Å²) in [7, 11) is 0. The Labute approximate surface area is 115 Å². The van der Waals surface area contributed by atoms with Crippen molar-refractivity contribution in [1.29, 1.82) is 0 Å². The number of benzene rings is 1. The van der Waals surface area contributed by atoms with Gasteiger partial charge < -0.3 is 9.73 Å². The molecule has 20 heavy (non-hydrogen) atoms. The monoisotopic (exact) mass is 279 g/mol. The van der Waals surface area contributed by atoms with Crippen molar-refractivity contribution in [3.63, 3.8) is 0 Å². The van der Waals surface area contributed by atoms with Gasteiger partial charge in [0.25, 0.3) is 0 Å². The number of hydrogen-bond acceptors (Lipinski definition) is 4. The van der Waals surface area contributed by atoms with E-state index in [0.29, 0.717) is 29.8 Å². The van der Waals surface area contributed by atoms with E-state index in [1.807, 2.05) is 0 Å². The molecule has 6 heteroatoms. The van der Waals surface area contributed by atoms with E-state index in [2.05, 4.69) is 15.5 Å². The predicted octanol–water partition coefficient (Wildman–Crippen LogP) is 2.23. The van der Waals surface area contributed by atoms with Gasteiger partial charge in [-0.25, -0.2) is 8.78 Å². The van der Waals surface area contributed by atoms with Crippen LogP contribution in [0.3, 0.4) is 0 Å². The van der Waals surface area contributed by atoms with E-state index in [9.17, 15) is 8.78 Å². The van der Waals surface area contributed by atoms with Crippen molar-refractivity contribution in [3.05, 3.63) is 47.2 Å². The molecule has 0 atom stereocenters. The zero-order valence-electron chi connectivity index (χ0n) is 10.9. The van der Waals surface area contributed by atoms with Crippen LogP contribution in [0.15, 0.2) is 22.6 Å². The summed E-state index contributed by atoms with van der Waals surface area (Å²) in [6.45, 7) is 0.803. The number of rotatable bonds is 6. The molecule has 1 aliphatic carbocycles. The summed E-state index contributed by atoms with van der Waals surface area (Å²) in [5.74, 6) is -0.309. The topological polar surface area (TPSA) is 51.0 Å². The SMILES string of the molecule is Fc1ccc(Cc2nnc(CCNC3CC3)o2)c(F)c1. The Kier molecular flexibility index (Phi) is 3.73. The fraction of sp³-hybridized carbons (Fsp3) is 0.429. The van der Waals surface area contributed by atoms with E-state index in [4.69, 9.17) is 4.42 Å². The number of halogens is 2. The molecule has 0 amide bonds. The summed E-state index contributed by atoms with van der Waals surface area (Å²) in [5, 5.41) is 11.2. The molecule has 0 radical (unpaired) electrons. The second-order valence-corrected chi connectivity index (χ2v) is 4.98. The number of nitrogens with zero attached hydrogens (tertiary/aromatic N) is 2. The second-order valence-electron chi connectivity index (χ2n) is 4.98. The molecule has 0 unspecified atom stereocenters. The molecule has 1 aromatic carbocycles. The van der Waals surface area contributed by atoms with Gasteiger partial charge in [0.2, 0.25) is 11.8 Å². The Morgan fingerprint density at radius 2 is 2.00 bits per heavy atom. The maximum atomic E-state index is 13.5. The molecule has 1 N–H and O–H groups in total. The van der Waals surface area contributed by atoms with Crippen molar-refractivity contribution in [2.24, 2.45) is 0 Å². The van der Waals surface area contributed by atoms with E-state index < -0.39 is 11.6 Å². The molecule has 1 heterocycles. The van der Waals surface area contributed by atoms with Gasteiger partial charge in [-0.05, 0) is 24.5 Å². The first kappa shape index (κ1) is 13.2. The van der Waals surface area contributed by atoms with Gasteiger partial charge in [0.15, 0.2) is 0 Å². The summed E-state index contributed by atoms with van der Waals surface area (Å²) in [6.07, 6.45) is 3.31. The van der Waals surface area contributed by atoms with Gasteiger partial charge >= 0.3 is 0 Å². The summed E-state index contributed by atoms with van der Waals surface area (Å²) < 4.78 is 31.8. The molecule has 3 rings (SSSR count). The van der Waals surface area contributed by atoms with Crippen molar-refractivity contribution >= 4 is 0 Å². The van der Waals surface area contributed by atoms with Crippen LogP contribution < -0.4 is 5.32 Å². The molecular formula is C14H15F2N3O. The zero-order chi connectivity index (χ0) is 13.9. The van der Waals surface area contributed by atoms with E-state index >= 15 is 0 Å². The fourth-order valence-corrected chi connectivity index (χ4v) is 1.96. The van der Waals surface area contributed by atoms with Crippen molar-refractivity contribution in [2.45, 2.75) is 31.7 Å². The van der Waals surface area contributed by atoms with Crippen LogP contribution in [0.1, 0.15) is 30.2 Å². The summed E-state index contributed by atoms with van der Waals surface area (Å²) >= 11 is 0. The normalized spacial score (nSPS) is 14.7. The molecule has 0 spiro atoms. The van der Waals surface area contributed by atoms with Crippen molar-refractivity contribution in [1.82, 2.24) is 15.5 Å². The van der Waals surface area contributed by atoms with E-state index in [1.54, 1.807) is 0 Å². The highest BCUT2D eigenvalue weighted by Gasteiger charge is 2.20.